The topological polar surface area (TPSA) is 70.7 Å². The third kappa shape index (κ3) is 6.29. The van der Waals surface area contributed by atoms with Crippen molar-refractivity contribution in [3.63, 3.8) is 0 Å². The van der Waals surface area contributed by atoms with E-state index in [9.17, 15) is 14.0 Å². The molecule has 0 saturated carbocycles. The van der Waals surface area contributed by atoms with Gasteiger partial charge in [-0.1, -0.05) is 26.0 Å². The van der Waals surface area contributed by atoms with E-state index in [1.807, 2.05) is 57.1 Å². The van der Waals surface area contributed by atoms with Crippen molar-refractivity contribution in [3.8, 4) is 5.75 Å². The van der Waals surface area contributed by atoms with Crippen LogP contribution in [0.5, 0.6) is 5.75 Å². The SMILES string of the molecule is COc1cccc(C(CNC(=O)C(NC(=O)c2ccc(F)cc2)C(C)C)N(C)C)c1. The van der Waals surface area contributed by atoms with Crippen LogP contribution in [0.4, 0.5) is 4.39 Å². The summed E-state index contributed by atoms with van der Waals surface area (Å²) in [6, 6.07) is 12.1. The van der Waals surface area contributed by atoms with Crippen LogP contribution in [-0.2, 0) is 4.79 Å². The number of hydrogen-bond donors (Lipinski definition) is 2. The molecule has 0 heterocycles. The third-order valence-corrected chi connectivity index (χ3v) is 4.91. The molecule has 0 aliphatic rings. The molecule has 0 saturated heterocycles. The van der Waals surface area contributed by atoms with E-state index >= 15 is 0 Å². The summed E-state index contributed by atoms with van der Waals surface area (Å²) < 4.78 is 18.4. The molecule has 162 valence electrons. The van der Waals surface area contributed by atoms with Crippen molar-refractivity contribution in [3.05, 3.63) is 65.5 Å². The van der Waals surface area contributed by atoms with Gasteiger partial charge in [-0.25, -0.2) is 4.39 Å². The van der Waals surface area contributed by atoms with Crippen LogP contribution in [0.25, 0.3) is 0 Å². The molecule has 0 aromatic heterocycles. The van der Waals surface area contributed by atoms with Crippen LogP contribution in [0, 0.1) is 11.7 Å². The molecule has 2 N–H and O–H groups in total. The Kier molecular flexibility index (Phi) is 8.35. The summed E-state index contributed by atoms with van der Waals surface area (Å²) in [7, 11) is 5.49. The van der Waals surface area contributed by atoms with Crippen molar-refractivity contribution in [2.75, 3.05) is 27.7 Å². The Bertz CT molecular complexity index is 853. The van der Waals surface area contributed by atoms with Crippen LogP contribution in [0.3, 0.4) is 0 Å². The maximum atomic E-state index is 13.1. The standard InChI is InChI=1S/C23H30FN3O3/c1-15(2)21(26-22(28)16-9-11-18(24)12-10-16)23(29)25-14-20(27(3)4)17-7-6-8-19(13-17)30-5/h6-13,15,20-21H,14H2,1-5H3,(H,25,29)(H,26,28). The van der Waals surface area contributed by atoms with E-state index in [2.05, 4.69) is 10.6 Å². The minimum atomic E-state index is -0.712. The Hall–Kier alpha value is -2.93. The van der Waals surface area contributed by atoms with E-state index in [1.54, 1.807) is 7.11 Å². The highest BCUT2D eigenvalue weighted by molar-refractivity contribution is 5.97. The number of carbonyl (C=O) groups excluding carboxylic acids is 2. The molecule has 2 unspecified atom stereocenters. The number of benzene rings is 2. The minimum absolute atomic E-state index is 0.0651. The quantitative estimate of drug-likeness (QED) is 0.661. The van der Waals surface area contributed by atoms with Gasteiger partial charge >= 0.3 is 0 Å². The Balaban J connectivity index is 2.07. The second kappa shape index (κ2) is 10.7. The first-order valence-electron chi connectivity index (χ1n) is 9.87. The zero-order valence-electron chi connectivity index (χ0n) is 18.1. The highest BCUT2D eigenvalue weighted by Crippen LogP contribution is 2.22. The van der Waals surface area contributed by atoms with E-state index < -0.39 is 17.8 Å². The molecule has 0 spiro atoms. The van der Waals surface area contributed by atoms with Gasteiger partial charge in [-0.2, -0.15) is 0 Å². The third-order valence-electron chi connectivity index (χ3n) is 4.91. The van der Waals surface area contributed by atoms with Crippen LogP contribution < -0.4 is 15.4 Å². The largest absolute Gasteiger partial charge is 0.497 e. The van der Waals surface area contributed by atoms with Crippen molar-refractivity contribution >= 4 is 11.8 Å². The molecular weight excluding hydrogens is 385 g/mol. The summed E-state index contributed by atoms with van der Waals surface area (Å²) in [5.41, 5.74) is 1.31. The maximum absolute atomic E-state index is 13.1. The Morgan fingerprint density at radius 2 is 1.77 bits per heavy atom. The van der Waals surface area contributed by atoms with Crippen LogP contribution in [0.15, 0.2) is 48.5 Å². The van der Waals surface area contributed by atoms with Gasteiger partial charge in [0.15, 0.2) is 0 Å². The number of methoxy groups -OCH3 is 1. The number of amides is 2. The highest BCUT2D eigenvalue weighted by Gasteiger charge is 2.26. The zero-order valence-corrected chi connectivity index (χ0v) is 18.1. The summed E-state index contributed by atoms with van der Waals surface area (Å²) in [5.74, 6) is -0.477. The summed E-state index contributed by atoms with van der Waals surface area (Å²) in [4.78, 5) is 27.3. The van der Waals surface area contributed by atoms with Gasteiger partial charge in [0.25, 0.3) is 5.91 Å². The van der Waals surface area contributed by atoms with Gasteiger partial charge in [0, 0.05) is 12.1 Å². The fourth-order valence-electron chi connectivity index (χ4n) is 3.12. The number of carbonyl (C=O) groups is 2. The lowest BCUT2D eigenvalue weighted by atomic mass is 10.0. The van der Waals surface area contributed by atoms with Crippen molar-refractivity contribution in [1.82, 2.24) is 15.5 Å². The van der Waals surface area contributed by atoms with Crippen molar-refractivity contribution in [2.45, 2.75) is 25.9 Å². The summed E-state index contributed by atoms with van der Waals surface area (Å²) in [6.07, 6.45) is 0. The first-order chi connectivity index (χ1) is 14.2. The maximum Gasteiger partial charge on any atom is 0.251 e. The molecule has 0 fully saturated rings. The molecular formula is C23H30FN3O3. The number of rotatable bonds is 9. The summed E-state index contributed by atoms with van der Waals surface area (Å²) >= 11 is 0. The van der Waals surface area contributed by atoms with Gasteiger partial charge in [0.2, 0.25) is 5.91 Å². The van der Waals surface area contributed by atoms with Gasteiger partial charge in [-0.15, -0.1) is 0 Å². The Morgan fingerprint density at radius 1 is 1.10 bits per heavy atom. The van der Waals surface area contributed by atoms with E-state index in [-0.39, 0.29) is 17.9 Å². The zero-order chi connectivity index (χ0) is 22.3. The Morgan fingerprint density at radius 3 is 2.33 bits per heavy atom. The average molecular weight is 416 g/mol. The normalized spacial score (nSPS) is 13.1. The van der Waals surface area contributed by atoms with Gasteiger partial charge in [0.05, 0.1) is 13.2 Å². The lowest BCUT2D eigenvalue weighted by Gasteiger charge is -2.27. The molecule has 2 aromatic rings. The molecule has 30 heavy (non-hydrogen) atoms. The van der Waals surface area contributed by atoms with Crippen LogP contribution in [-0.4, -0.2) is 50.5 Å². The molecule has 2 atom stereocenters. The molecule has 2 rings (SSSR count). The van der Waals surface area contributed by atoms with Crippen LogP contribution in [0.2, 0.25) is 0 Å². The Labute approximate surface area is 177 Å². The number of nitrogens with zero attached hydrogens (tertiary/aromatic N) is 1. The predicted octanol–water partition coefficient (Wildman–Crippen LogP) is 3.01. The smallest absolute Gasteiger partial charge is 0.251 e. The van der Waals surface area contributed by atoms with Crippen molar-refractivity contribution < 1.29 is 18.7 Å². The first-order valence-corrected chi connectivity index (χ1v) is 9.87. The molecule has 0 radical (unpaired) electrons. The predicted molar refractivity (Wildman–Crippen MR) is 115 cm³/mol. The van der Waals surface area contributed by atoms with E-state index in [0.717, 1.165) is 11.3 Å². The van der Waals surface area contributed by atoms with Gasteiger partial charge in [-0.3, -0.25) is 9.59 Å². The average Bonchev–Trinajstić information content (AvgIpc) is 2.72. The number of likely N-dealkylation sites (N-methyl/N-ethyl adjacent to an activating group) is 1. The molecule has 6 nitrogen and oxygen atoms in total. The molecule has 7 heteroatoms. The summed E-state index contributed by atoms with van der Waals surface area (Å²) in [6.45, 7) is 4.09. The fraction of sp³-hybridized carbons (Fsp3) is 0.391. The summed E-state index contributed by atoms with van der Waals surface area (Å²) in [5, 5.41) is 5.71. The van der Waals surface area contributed by atoms with Crippen LogP contribution >= 0.6 is 0 Å². The highest BCUT2D eigenvalue weighted by atomic mass is 19.1. The van der Waals surface area contributed by atoms with E-state index in [1.165, 1.54) is 24.3 Å². The number of hydrogen-bond acceptors (Lipinski definition) is 4. The number of nitrogens with one attached hydrogen (secondary N) is 2. The molecule has 0 bridgehead atoms. The molecule has 2 amide bonds. The molecule has 2 aromatic carbocycles. The van der Waals surface area contributed by atoms with Crippen molar-refractivity contribution in [1.29, 1.82) is 0 Å². The lowest BCUT2D eigenvalue weighted by Crippen LogP contribution is -2.51. The molecule has 0 aliphatic heterocycles. The molecule has 0 aliphatic carbocycles. The van der Waals surface area contributed by atoms with Gasteiger partial charge in [-0.05, 0) is 62.0 Å². The van der Waals surface area contributed by atoms with Gasteiger partial charge in [0.1, 0.15) is 17.6 Å². The van der Waals surface area contributed by atoms with Gasteiger partial charge < -0.3 is 20.3 Å². The minimum Gasteiger partial charge on any atom is -0.497 e. The second-order valence-corrected chi connectivity index (χ2v) is 7.70. The van der Waals surface area contributed by atoms with Crippen molar-refractivity contribution in [2.24, 2.45) is 5.92 Å². The lowest BCUT2D eigenvalue weighted by molar-refractivity contribution is -0.124. The number of ether oxygens (including phenoxy) is 1. The van der Waals surface area contributed by atoms with Crippen LogP contribution in [0.1, 0.15) is 35.8 Å². The van der Waals surface area contributed by atoms with E-state index in [0.29, 0.717) is 12.1 Å². The first kappa shape index (κ1) is 23.3. The van der Waals surface area contributed by atoms with E-state index in [4.69, 9.17) is 4.74 Å². The second-order valence-electron chi connectivity index (χ2n) is 7.70. The number of halogens is 1. The fourth-order valence-corrected chi connectivity index (χ4v) is 3.12. The monoisotopic (exact) mass is 415 g/mol.